The molecular weight excluding hydrogens is 421 g/mol. The fourth-order valence-corrected chi connectivity index (χ4v) is 3.70. The lowest BCUT2D eigenvalue weighted by Crippen LogP contribution is -2.32. The van der Waals surface area contributed by atoms with Crippen LogP contribution in [0.5, 0.6) is 0 Å². The highest BCUT2D eigenvalue weighted by molar-refractivity contribution is 5.53. The van der Waals surface area contributed by atoms with E-state index in [1.165, 1.54) is 18.6 Å². The number of nitrogens with zero attached hydrogens (tertiary/aromatic N) is 5. The van der Waals surface area contributed by atoms with Gasteiger partial charge in [0, 0.05) is 44.1 Å². The Labute approximate surface area is 183 Å². The van der Waals surface area contributed by atoms with E-state index >= 15 is 0 Å². The van der Waals surface area contributed by atoms with E-state index in [0.29, 0.717) is 24.3 Å². The van der Waals surface area contributed by atoms with E-state index in [1.807, 2.05) is 25.3 Å². The molecule has 0 bridgehead atoms. The van der Waals surface area contributed by atoms with Crippen molar-refractivity contribution < 1.29 is 18.3 Å². The van der Waals surface area contributed by atoms with Crippen LogP contribution < -0.4 is 10.2 Å². The van der Waals surface area contributed by atoms with Crippen LogP contribution in [0.4, 0.5) is 24.8 Å². The summed E-state index contributed by atoms with van der Waals surface area (Å²) in [6.45, 7) is 3.15. The highest BCUT2D eigenvalue weighted by Crippen LogP contribution is 2.31. The third-order valence-corrected chi connectivity index (χ3v) is 5.43. The Hall–Kier alpha value is -3.27. The second-order valence-corrected chi connectivity index (χ2v) is 7.70. The van der Waals surface area contributed by atoms with E-state index in [-0.39, 0.29) is 13.0 Å². The van der Waals surface area contributed by atoms with E-state index in [0.717, 1.165) is 35.2 Å². The Bertz CT molecular complexity index is 1060. The van der Waals surface area contributed by atoms with Crippen LogP contribution >= 0.6 is 0 Å². The molecule has 0 saturated carbocycles. The zero-order chi connectivity index (χ0) is 22.7. The number of hydrogen-bond acceptors (Lipinski definition) is 7. The Morgan fingerprint density at radius 1 is 1.09 bits per heavy atom. The van der Waals surface area contributed by atoms with Crippen molar-refractivity contribution in [3.8, 4) is 0 Å². The summed E-state index contributed by atoms with van der Waals surface area (Å²) in [5.74, 6) is 1.44. The monoisotopic (exact) mass is 444 g/mol. The zero-order valence-corrected chi connectivity index (χ0v) is 17.5. The SMILES string of the molecule is Cc1ccc(N2CCc3ncnc(N[C@H](CCO)c4ccc(C(F)(F)F)nc4)c3C2)nc1. The fourth-order valence-electron chi connectivity index (χ4n) is 3.70. The molecule has 1 aliphatic heterocycles. The van der Waals surface area contributed by atoms with Crippen molar-refractivity contribution in [3.63, 3.8) is 0 Å². The lowest BCUT2D eigenvalue weighted by Gasteiger charge is -2.31. The number of aromatic nitrogens is 4. The first-order chi connectivity index (χ1) is 15.3. The molecule has 7 nitrogen and oxygen atoms in total. The number of nitrogens with one attached hydrogen (secondary N) is 1. The Morgan fingerprint density at radius 3 is 2.59 bits per heavy atom. The van der Waals surface area contributed by atoms with Crippen molar-refractivity contribution in [1.82, 2.24) is 19.9 Å². The minimum Gasteiger partial charge on any atom is -0.396 e. The largest absolute Gasteiger partial charge is 0.433 e. The summed E-state index contributed by atoms with van der Waals surface area (Å²) in [5.41, 5.74) is 2.48. The van der Waals surface area contributed by atoms with Gasteiger partial charge in [-0.2, -0.15) is 13.2 Å². The summed E-state index contributed by atoms with van der Waals surface area (Å²) in [6.07, 6.45) is 0.982. The zero-order valence-electron chi connectivity index (χ0n) is 17.5. The second kappa shape index (κ2) is 9.07. The van der Waals surface area contributed by atoms with Crippen LogP contribution in [0.15, 0.2) is 43.0 Å². The molecule has 0 aromatic carbocycles. The lowest BCUT2D eigenvalue weighted by molar-refractivity contribution is -0.141. The molecule has 10 heteroatoms. The Kier molecular flexibility index (Phi) is 6.22. The maximum atomic E-state index is 12.9. The molecule has 3 aromatic heterocycles. The quantitative estimate of drug-likeness (QED) is 0.600. The number of halogens is 3. The third kappa shape index (κ3) is 4.80. The van der Waals surface area contributed by atoms with Gasteiger partial charge in [0.05, 0.1) is 11.7 Å². The molecule has 32 heavy (non-hydrogen) atoms. The van der Waals surface area contributed by atoms with E-state index in [1.54, 1.807) is 0 Å². The first-order valence-corrected chi connectivity index (χ1v) is 10.3. The molecule has 0 radical (unpaired) electrons. The Morgan fingerprint density at radius 2 is 1.94 bits per heavy atom. The molecule has 3 aromatic rings. The molecule has 0 amide bonds. The van der Waals surface area contributed by atoms with Gasteiger partial charge in [0.1, 0.15) is 23.7 Å². The number of anilines is 2. The maximum absolute atomic E-state index is 12.9. The van der Waals surface area contributed by atoms with Crippen molar-refractivity contribution >= 4 is 11.6 Å². The number of aryl methyl sites for hydroxylation is 1. The normalized spacial score (nSPS) is 14.7. The van der Waals surface area contributed by atoms with Crippen LogP contribution in [-0.2, 0) is 19.1 Å². The minimum absolute atomic E-state index is 0.147. The van der Waals surface area contributed by atoms with Crippen LogP contribution in [0.1, 0.15) is 40.5 Å². The van der Waals surface area contributed by atoms with E-state index in [4.69, 9.17) is 0 Å². The molecule has 0 fully saturated rings. The lowest BCUT2D eigenvalue weighted by atomic mass is 10.0. The van der Waals surface area contributed by atoms with Gasteiger partial charge in [-0.05, 0) is 36.6 Å². The van der Waals surface area contributed by atoms with Gasteiger partial charge < -0.3 is 15.3 Å². The van der Waals surface area contributed by atoms with Gasteiger partial charge in [0.25, 0.3) is 0 Å². The summed E-state index contributed by atoms with van der Waals surface area (Å²) in [4.78, 5) is 19.0. The van der Waals surface area contributed by atoms with Crippen LogP contribution in [0.2, 0.25) is 0 Å². The number of alkyl halides is 3. The second-order valence-electron chi connectivity index (χ2n) is 7.70. The fraction of sp³-hybridized carbons (Fsp3) is 0.364. The minimum atomic E-state index is -4.50. The summed E-state index contributed by atoms with van der Waals surface area (Å²) in [5, 5.41) is 12.8. The smallest absolute Gasteiger partial charge is 0.396 e. The van der Waals surface area contributed by atoms with Gasteiger partial charge in [-0.15, -0.1) is 0 Å². The predicted molar refractivity (Wildman–Crippen MR) is 113 cm³/mol. The average Bonchev–Trinajstić information content (AvgIpc) is 2.79. The maximum Gasteiger partial charge on any atom is 0.433 e. The van der Waals surface area contributed by atoms with Gasteiger partial charge in [-0.25, -0.2) is 15.0 Å². The van der Waals surface area contributed by atoms with Crippen molar-refractivity contribution in [3.05, 3.63) is 71.1 Å². The standard InChI is InChI=1S/C22H23F3N6O/c1-14-2-5-20(27-10-14)31-8-6-18-16(12-31)21(29-13-28-18)30-17(7-9-32)15-3-4-19(26-11-15)22(23,24)25/h2-5,10-11,13,17,32H,6-9,12H2,1H3,(H,28,29,30)/t17-/m1/s1. The van der Waals surface area contributed by atoms with Gasteiger partial charge >= 0.3 is 6.18 Å². The molecule has 2 N–H and O–H groups in total. The van der Waals surface area contributed by atoms with Gasteiger partial charge in [0.2, 0.25) is 0 Å². The molecule has 4 heterocycles. The van der Waals surface area contributed by atoms with Crippen molar-refractivity contribution in [2.45, 2.75) is 38.5 Å². The van der Waals surface area contributed by atoms with E-state index in [2.05, 4.69) is 30.2 Å². The molecule has 1 atom stereocenters. The molecule has 0 aliphatic carbocycles. The number of rotatable bonds is 6. The number of aliphatic hydroxyl groups is 1. The summed E-state index contributed by atoms with van der Waals surface area (Å²) in [7, 11) is 0. The van der Waals surface area contributed by atoms with Gasteiger partial charge in [-0.1, -0.05) is 12.1 Å². The molecular formula is C22H23F3N6O. The molecule has 0 spiro atoms. The highest BCUT2D eigenvalue weighted by atomic mass is 19.4. The van der Waals surface area contributed by atoms with Crippen LogP contribution in [-0.4, -0.2) is 38.2 Å². The number of aliphatic hydroxyl groups excluding tert-OH is 1. The third-order valence-electron chi connectivity index (χ3n) is 5.43. The molecule has 0 unspecified atom stereocenters. The van der Waals surface area contributed by atoms with Crippen LogP contribution in [0.25, 0.3) is 0 Å². The van der Waals surface area contributed by atoms with Gasteiger partial charge in [-0.3, -0.25) is 4.98 Å². The summed E-state index contributed by atoms with van der Waals surface area (Å²) < 4.78 is 38.6. The van der Waals surface area contributed by atoms with Crippen LogP contribution in [0.3, 0.4) is 0 Å². The van der Waals surface area contributed by atoms with Crippen molar-refractivity contribution in [1.29, 1.82) is 0 Å². The first kappa shape index (κ1) is 21.9. The van der Waals surface area contributed by atoms with Crippen LogP contribution in [0, 0.1) is 6.92 Å². The number of fused-ring (bicyclic) bond motifs is 1. The topological polar surface area (TPSA) is 87.1 Å². The highest BCUT2D eigenvalue weighted by Gasteiger charge is 2.32. The predicted octanol–water partition coefficient (Wildman–Crippen LogP) is 3.69. The van der Waals surface area contributed by atoms with E-state index in [9.17, 15) is 18.3 Å². The van der Waals surface area contributed by atoms with E-state index < -0.39 is 17.9 Å². The summed E-state index contributed by atoms with van der Waals surface area (Å²) >= 11 is 0. The summed E-state index contributed by atoms with van der Waals surface area (Å²) in [6, 6.07) is 5.84. The van der Waals surface area contributed by atoms with Gasteiger partial charge in [0.15, 0.2) is 0 Å². The number of pyridine rings is 2. The van der Waals surface area contributed by atoms with Crippen molar-refractivity contribution in [2.24, 2.45) is 0 Å². The molecule has 0 saturated heterocycles. The molecule has 4 rings (SSSR count). The number of hydrogen-bond donors (Lipinski definition) is 2. The average molecular weight is 444 g/mol. The van der Waals surface area contributed by atoms with Crippen molar-refractivity contribution in [2.75, 3.05) is 23.4 Å². The molecule has 1 aliphatic rings. The Balaban J connectivity index is 1.59. The first-order valence-electron chi connectivity index (χ1n) is 10.3. The molecule has 168 valence electrons.